The summed E-state index contributed by atoms with van der Waals surface area (Å²) in [5.74, 6) is 0.317. The van der Waals surface area contributed by atoms with Gasteiger partial charge in [-0.2, -0.15) is 0 Å². The van der Waals surface area contributed by atoms with E-state index in [9.17, 15) is 4.79 Å². The number of esters is 1. The second kappa shape index (κ2) is 5.38. The van der Waals surface area contributed by atoms with E-state index in [1.165, 1.54) is 0 Å². The van der Waals surface area contributed by atoms with Gasteiger partial charge in [0.2, 0.25) is 0 Å². The van der Waals surface area contributed by atoms with E-state index in [4.69, 9.17) is 4.74 Å². The van der Waals surface area contributed by atoms with Crippen LogP contribution in [0.3, 0.4) is 0 Å². The summed E-state index contributed by atoms with van der Waals surface area (Å²) < 4.78 is 5.39. The zero-order valence-electron chi connectivity index (χ0n) is 10.4. The molecule has 2 nitrogen and oxygen atoms in total. The molecule has 0 fully saturated rings. The largest absolute Gasteiger partial charge is 0.462 e. The third-order valence-corrected chi connectivity index (χ3v) is 2.66. The molecule has 84 valence electrons. The molecule has 2 heteroatoms. The van der Waals surface area contributed by atoms with E-state index in [1.807, 2.05) is 20.8 Å². The Morgan fingerprint density at radius 3 is 2.14 bits per heavy atom. The second-order valence-corrected chi connectivity index (χ2v) is 4.99. The van der Waals surface area contributed by atoms with Gasteiger partial charge in [-0.05, 0) is 33.1 Å². The van der Waals surface area contributed by atoms with Crippen molar-refractivity contribution in [2.75, 3.05) is 0 Å². The van der Waals surface area contributed by atoms with Crippen LogP contribution in [0, 0.1) is 11.3 Å². The molecule has 0 saturated carbocycles. The molecule has 0 heterocycles. The topological polar surface area (TPSA) is 26.3 Å². The summed E-state index contributed by atoms with van der Waals surface area (Å²) in [7, 11) is 0. The molecule has 0 aromatic heterocycles. The van der Waals surface area contributed by atoms with Gasteiger partial charge in [0, 0.05) is 0 Å². The third kappa shape index (κ3) is 4.12. The van der Waals surface area contributed by atoms with Gasteiger partial charge in [-0.15, -0.1) is 0 Å². The first kappa shape index (κ1) is 13.5. The van der Waals surface area contributed by atoms with E-state index >= 15 is 0 Å². The van der Waals surface area contributed by atoms with Crippen LogP contribution in [0.4, 0.5) is 0 Å². The number of ether oxygens (including phenoxy) is 1. The van der Waals surface area contributed by atoms with Crippen molar-refractivity contribution in [1.82, 2.24) is 0 Å². The van der Waals surface area contributed by atoms with Crippen molar-refractivity contribution in [3.05, 3.63) is 0 Å². The van der Waals surface area contributed by atoms with E-state index in [0.717, 1.165) is 12.8 Å². The molecule has 0 rings (SSSR count). The quantitative estimate of drug-likeness (QED) is 0.636. The molecule has 0 aromatic rings. The molecular weight excluding hydrogens is 176 g/mol. The highest BCUT2D eigenvalue weighted by Gasteiger charge is 2.29. The molecule has 0 spiro atoms. The molecular formula is C12H24O2. The van der Waals surface area contributed by atoms with Gasteiger partial charge in [0.15, 0.2) is 0 Å². The van der Waals surface area contributed by atoms with Gasteiger partial charge in [-0.1, -0.05) is 27.2 Å². The zero-order valence-corrected chi connectivity index (χ0v) is 10.4. The van der Waals surface area contributed by atoms with Crippen LogP contribution in [0.5, 0.6) is 0 Å². The fraction of sp³-hybridized carbons (Fsp3) is 0.917. The summed E-state index contributed by atoms with van der Waals surface area (Å²) in [6.07, 6.45) is 1.91. The molecule has 0 radical (unpaired) electrons. The summed E-state index contributed by atoms with van der Waals surface area (Å²) in [4.78, 5) is 11.7. The molecule has 0 N–H and O–H groups in total. The summed E-state index contributed by atoms with van der Waals surface area (Å²) in [6.45, 7) is 12.1. The van der Waals surface area contributed by atoms with Crippen LogP contribution in [0.1, 0.15) is 54.4 Å². The van der Waals surface area contributed by atoms with Gasteiger partial charge in [-0.25, -0.2) is 0 Å². The van der Waals surface area contributed by atoms with Crippen molar-refractivity contribution >= 4 is 5.97 Å². The van der Waals surface area contributed by atoms with Crippen LogP contribution in [0.25, 0.3) is 0 Å². The number of hydrogen-bond acceptors (Lipinski definition) is 2. The smallest absolute Gasteiger partial charge is 0.311 e. The lowest BCUT2D eigenvalue weighted by Gasteiger charge is -2.25. The normalized spacial score (nSPS) is 14.2. The summed E-state index contributed by atoms with van der Waals surface area (Å²) in [5, 5.41) is 0. The maximum absolute atomic E-state index is 11.7. The van der Waals surface area contributed by atoms with Crippen LogP contribution < -0.4 is 0 Å². The summed E-state index contributed by atoms with van der Waals surface area (Å²) >= 11 is 0. The Labute approximate surface area is 88.0 Å². The number of rotatable bonds is 5. The first-order valence-electron chi connectivity index (χ1n) is 5.52. The average Bonchev–Trinajstić information content (AvgIpc) is 2.03. The Hall–Kier alpha value is -0.530. The van der Waals surface area contributed by atoms with Gasteiger partial charge < -0.3 is 4.74 Å². The highest BCUT2D eigenvalue weighted by molar-refractivity contribution is 5.76. The lowest BCUT2D eigenvalue weighted by Crippen LogP contribution is -2.31. The Morgan fingerprint density at radius 1 is 1.29 bits per heavy atom. The molecule has 0 aliphatic carbocycles. The number of carbonyl (C=O) groups is 1. The minimum Gasteiger partial charge on any atom is -0.462 e. The van der Waals surface area contributed by atoms with E-state index in [-0.39, 0.29) is 17.5 Å². The van der Waals surface area contributed by atoms with E-state index in [2.05, 4.69) is 20.8 Å². The van der Waals surface area contributed by atoms with E-state index in [0.29, 0.717) is 5.92 Å². The fourth-order valence-electron chi connectivity index (χ4n) is 1.19. The molecule has 1 unspecified atom stereocenters. The first-order chi connectivity index (χ1) is 6.31. The van der Waals surface area contributed by atoms with Crippen molar-refractivity contribution in [3.8, 4) is 0 Å². The van der Waals surface area contributed by atoms with Crippen molar-refractivity contribution in [2.24, 2.45) is 11.3 Å². The average molecular weight is 200 g/mol. The minimum absolute atomic E-state index is 0.0126. The van der Waals surface area contributed by atoms with Crippen molar-refractivity contribution < 1.29 is 9.53 Å². The second-order valence-electron chi connectivity index (χ2n) is 4.99. The van der Waals surface area contributed by atoms with E-state index < -0.39 is 0 Å². The van der Waals surface area contributed by atoms with Gasteiger partial charge in [0.25, 0.3) is 0 Å². The molecule has 0 aliphatic rings. The fourth-order valence-corrected chi connectivity index (χ4v) is 1.19. The lowest BCUT2D eigenvalue weighted by molar-refractivity contribution is -0.161. The van der Waals surface area contributed by atoms with Crippen LogP contribution >= 0.6 is 0 Å². The van der Waals surface area contributed by atoms with Gasteiger partial charge >= 0.3 is 5.97 Å². The summed E-state index contributed by atoms with van der Waals surface area (Å²) in [6, 6.07) is 0. The standard InChI is InChI=1S/C12H24O2/c1-7-8-12(5,6)11(13)14-10(4)9(2)3/h9-10H,7-8H2,1-6H3. The minimum atomic E-state index is -0.335. The molecule has 1 atom stereocenters. The SMILES string of the molecule is CCCC(C)(C)C(=O)OC(C)C(C)C. The predicted octanol–water partition coefficient (Wildman–Crippen LogP) is 3.40. The Bertz CT molecular complexity index is 183. The van der Waals surface area contributed by atoms with Gasteiger partial charge in [-0.3, -0.25) is 4.79 Å². The maximum atomic E-state index is 11.7. The monoisotopic (exact) mass is 200 g/mol. The Kier molecular flexibility index (Phi) is 5.17. The van der Waals surface area contributed by atoms with Crippen molar-refractivity contribution in [3.63, 3.8) is 0 Å². The van der Waals surface area contributed by atoms with Crippen molar-refractivity contribution in [1.29, 1.82) is 0 Å². The van der Waals surface area contributed by atoms with E-state index in [1.54, 1.807) is 0 Å². The maximum Gasteiger partial charge on any atom is 0.311 e. The third-order valence-electron chi connectivity index (χ3n) is 2.66. The van der Waals surface area contributed by atoms with Gasteiger partial charge in [0.1, 0.15) is 6.10 Å². The van der Waals surface area contributed by atoms with Crippen LogP contribution in [0.15, 0.2) is 0 Å². The molecule has 14 heavy (non-hydrogen) atoms. The lowest BCUT2D eigenvalue weighted by atomic mass is 9.88. The van der Waals surface area contributed by atoms with Gasteiger partial charge in [0.05, 0.1) is 5.41 Å². The zero-order chi connectivity index (χ0) is 11.4. The van der Waals surface area contributed by atoms with Crippen LogP contribution in [-0.4, -0.2) is 12.1 Å². The number of carbonyl (C=O) groups excluding carboxylic acids is 1. The highest BCUT2D eigenvalue weighted by Crippen LogP contribution is 2.25. The molecule has 0 aliphatic heterocycles. The van der Waals surface area contributed by atoms with Crippen LogP contribution in [-0.2, 0) is 9.53 Å². The van der Waals surface area contributed by atoms with Crippen molar-refractivity contribution in [2.45, 2.75) is 60.5 Å². The molecule has 0 bridgehead atoms. The molecule has 0 saturated heterocycles. The predicted molar refractivity (Wildman–Crippen MR) is 59.1 cm³/mol. The van der Waals surface area contributed by atoms with Crippen LogP contribution in [0.2, 0.25) is 0 Å². The highest BCUT2D eigenvalue weighted by atomic mass is 16.5. The number of hydrogen-bond donors (Lipinski definition) is 0. The molecule has 0 aromatic carbocycles. The Morgan fingerprint density at radius 2 is 1.79 bits per heavy atom. The summed E-state index contributed by atoms with van der Waals surface area (Å²) in [5.41, 5.74) is -0.335. The Balaban J connectivity index is 4.19. The first-order valence-corrected chi connectivity index (χ1v) is 5.52. The molecule has 0 amide bonds.